The molecule has 0 saturated carbocycles. The largest absolute Gasteiger partial charge is 0.481 e. The molecule has 1 atom stereocenters. The number of rotatable bonds is 0. The summed E-state index contributed by atoms with van der Waals surface area (Å²) in [6.07, 6.45) is 5.09. The maximum absolute atomic E-state index is 9.00. The first-order chi connectivity index (χ1) is 5.52. The predicted molar refractivity (Wildman–Crippen MR) is 46.9 cm³/mol. The van der Waals surface area contributed by atoms with Gasteiger partial charge in [0.25, 0.3) is 5.97 Å². The van der Waals surface area contributed by atoms with E-state index in [1.807, 2.05) is 6.08 Å². The van der Waals surface area contributed by atoms with Crippen LogP contribution in [-0.4, -0.2) is 22.3 Å². The molecule has 12 heavy (non-hydrogen) atoms. The summed E-state index contributed by atoms with van der Waals surface area (Å²) in [7, 11) is 0. The minimum Gasteiger partial charge on any atom is -0.481 e. The summed E-state index contributed by atoms with van der Waals surface area (Å²) in [4.78, 5) is 9.00. The van der Waals surface area contributed by atoms with E-state index in [4.69, 9.17) is 15.0 Å². The molecule has 0 aromatic carbocycles. The summed E-state index contributed by atoms with van der Waals surface area (Å²) in [5.41, 5.74) is 1.34. The number of aliphatic hydroxyl groups is 1. The van der Waals surface area contributed by atoms with Gasteiger partial charge in [0.05, 0.1) is 6.10 Å². The second-order valence-electron chi connectivity index (χ2n) is 2.99. The van der Waals surface area contributed by atoms with E-state index in [1.54, 1.807) is 0 Å². The van der Waals surface area contributed by atoms with Gasteiger partial charge in [0, 0.05) is 6.92 Å². The van der Waals surface area contributed by atoms with Gasteiger partial charge in [-0.25, -0.2) is 0 Å². The van der Waals surface area contributed by atoms with Crippen LogP contribution in [0.2, 0.25) is 0 Å². The zero-order valence-corrected chi connectivity index (χ0v) is 7.58. The number of hydrogen-bond donors (Lipinski definition) is 2. The fourth-order valence-electron chi connectivity index (χ4n) is 1.09. The van der Waals surface area contributed by atoms with Crippen LogP contribution in [-0.2, 0) is 4.79 Å². The minimum absolute atomic E-state index is 0.149. The van der Waals surface area contributed by atoms with E-state index >= 15 is 0 Å². The van der Waals surface area contributed by atoms with Crippen molar-refractivity contribution < 1.29 is 15.0 Å². The van der Waals surface area contributed by atoms with Crippen molar-refractivity contribution in [3.8, 4) is 0 Å². The van der Waals surface area contributed by atoms with Crippen LogP contribution < -0.4 is 0 Å². The quantitative estimate of drug-likeness (QED) is 0.545. The Morgan fingerprint density at radius 2 is 2.17 bits per heavy atom. The smallest absolute Gasteiger partial charge is 0.300 e. The van der Waals surface area contributed by atoms with Crippen LogP contribution in [0, 0.1) is 0 Å². The van der Waals surface area contributed by atoms with Crippen molar-refractivity contribution >= 4 is 5.97 Å². The SMILES string of the molecule is CC(=O)O.CC1=C[C@@H](O)CCC1. The highest BCUT2D eigenvalue weighted by atomic mass is 16.4. The first-order valence-corrected chi connectivity index (χ1v) is 4.07. The van der Waals surface area contributed by atoms with Gasteiger partial charge in [-0.1, -0.05) is 11.6 Å². The fourth-order valence-corrected chi connectivity index (χ4v) is 1.09. The molecule has 2 N–H and O–H groups in total. The first kappa shape index (κ1) is 11.2. The van der Waals surface area contributed by atoms with Crippen LogP contribution >= 0.6 is 0 Å². The highest BCUT2D eigenvalue weighted by molar-refractivity contribution is 5.62. The molecular formula is C9H16O3. The van der Waals surface area contributed by atoms with Crippen molar-refractivity contribution in [3.05, 3.63) is 11.6 Å². The average molecular weight is 172 g/mol. The van der Waals surface area contributed by atoms with Crippen molar-refractivity contribution in [2.24, 2.45) is 0 Å². The Morgan fingerprint density at radius 1 is 1.67 bits per heavy atom. The van der Waals surface area contributed by atoms with E-state index in [1.165, 1.54) is 12.0 Å². The van der Waals surface area contributed by atoms with Gasteiger partial charge >= 0.3 is 0 Å². The van der Waals surface area contributed by atoms with Crippen molar-refractivity contribution in [2.75, 3.05) is 0 Å². The van der Waals surface area contributed by atoms with E-state index in [-0.39, 0.29) is 6.10 Å². The molecule has 0 saturated heterocycles. The Hall–Kier alpha value is -0.830. The summed E-state index contributed by atoms with van der Waals surface area (Å²) in [6.45, 7) is 3.16. The second-order valence-corrected chi connectivity index (χ2v) is 2.99. The monoisotopic (exact) mass is 172 g/mol. The summed E-state index contributed by atoms with van der Waals surface area (Å²) in [6, 6.07) is 0. The third-order valence-electron chi connectivity index (χ3n) is 1.55. The van der Waals surface area contributed by atoms with Gasteiger partial charge in [-0.15, -0.1) is 0 Å². The second kappa shape index (κ2) is 5.77. The van der Waals surface area contributed by atoms with Gasteiger partial charge in [-0.05, 0) is 26.2 Å². The Morgan fingerprint density at radius 3 is 2.42 bits per heavy atom. The summed E-state index contributed by atoms with van der Waals surface area (Å²) >= 11 is 0. The van der Waals surface area contributed by atoms with E-state index < -0.39 is 5.97 Å². The van der Waals surface area contributed by atoms with E-state index in [2.05, 4.69) is 6.92 Å². The predicted octanol–water partition coefficient (Wildman–Crippen LogP) is 1.57. The molecule has 3 heteroatoms. The Balaban J connectivity index is 0.000000261. The molecule has 1 rings (SSSR count). The van der Waals surface area contributed by atoms with Gasteiger partial charge in [-0.2, -0.15) is 0 Å². The lowest BCUT2D eigenvalue weighted by Crippen LogP contribution is -2.07. The van der Waals surface area contributed by atoms with Crippen LogP contribution in [0.15, 0.2) is 11.6 Å². The molecule has 3 nitrogen and oxygen atoms in total. The number of carbonyl (C=O) groups is 1. The molecule has 70 valence electrons. The molecule has 0 spiro atoms. The molecule has 0 heterocycles. The number of allylic oxidation sites excluding steroid dienone is 1. The maximum Gasteiger partial charge on any atom is 0.300 e. The van der Waals surface area contributed by atoms with Crippen molar-refractivity contribution in [2.45, 2.75) is 39.2 Å². The molecule has 1 aliphatic carbocycles. The summed E-state index contributed by atoms with van der Waals surface area (Å²) in [5, 5.41) is 16.4. The average Bonchev–Trinajstić information content (AvgIpc) is 1.84. The fraction of sp³-hybridized carbons (Fsp3) is 0.667. The van der Waals surface area contributed by atoms with Crippen molar-refractivity contribution in [1.29, 1.82) is 0 Å². The number of carboxylic acids is 1. The lowest BCUT2D eigenvalue weighted by Gasteiger charge is -2.12. The van der Waals surface area contributed by atoms with Crippen LogP contribution in [0.1, 0.15) is 33.1 Å². The molecule has 0 aliphatic heterocycles. The Bertz CT molecular complexity index is 169. The minimum atomic E-state index is -0.833. The van der Waals surface area contributed by atoms with Crippen molar-refractivity contribution in [3.63, 3.8) is 0 Å². The molecule has 1 aliphatic rings. The van der Waals surface area contributed by atoms with Gasteiger partial charge in [0.1, 0.15) is 0 Å². The normalized spacial score (nSPS) is 21.9. The molecule has 0 bridgehead atoms. The van der Waals surface area contributed by atoms with E-state index in [0.29, 0.717) is 0 Å². The third-order valence-corrected chi connectivity index (χ3v) is 1.55. The lowest BCUT2D eigenvalue weighted by molar-refractivity contribution is -0.134. The molecule has 0 unspecified atom stereocenters. The van der Waals surface area contributed by atoms with Gasteiger partial charge in [-0.3, -0.25) is 4.79 Å². The zero-order chi connectivity index (χ0) is 9.56. The van der Waals surface area contributed by atoms with E-state index in [9.17, 15) is 0 Å². The van der Waals surface area contributed by atoms with Crippen LogP contribution in [0.25, 0.3) is 0 Å². The number of carboxylic acid groups (broad SMARTS) is 1. The van der Waals surface area contributed by atoms with E-state index in [0.717, 1.165) is 19.8 Å². The van der Waals surface area contributed by atoms with Crippen LogP contribution in [0.3, 0.4) is 0 Å². The Kier molecular flexibility index (Phi) is 5.37. The number of aliphatic hydroxyl groups excluding tert-OH is 1. The molecule has 0 amide bonds. The van der Waals surface area contributed by atoms with Crippen LogP contribution in [0.4, 0.5) is 0 Å². The maximum atomic E-state index is 9.00. The summed E-state index contributed by atoms with van der Waals surface area (Å²) in [5.74, 6) is -0.833. The molecular weight excluding hydrogens is 156 g/mol. The molecule has 0 aromatic heterocycles. The Labute approximate surface area is 72.7 Å². The molecule has 0 aromatic rings. The standard InChI is InChI=1S/C7H12O.C2H4O2/c1-6-3-2-4-7(8)5-6;1-2(3)4/h5,7-8H,2-4H2,1H3;1H3,(H,3,4)/t7-;/m0./s1. The lowest BCUT2D eigenvalue weighted by atomic mass is 9.99. The molecule has 0 radical (unpaired) electrons. The van der Waals surface area contributed by atoms with Gasteiger partial charge < -0.3 is 10.2 Å². The van der Waals surface area contributed by atoms with Gasteiger partial charge in [0.2, 0.25) is 0 Å². The van der Waals surface area contributed by atoms with Crippen molar-refractivity contribution in [1.82, 2.24) is 0 Å². The highest BCUT2D eigenvalue weighted by Gasteiger charge is 2.05. The summed E-state index contributed by atoms with van der Waals surface area (Å²) < 4.78 is 0. The zero-order valence-electron chi connectivity index (χ0n) is 7.58. The number of hydrogen-bond acceptors (Lipinski definition) is 2. The topological polar surface area (TPSA) is 57.5 Å². The number of aliphatic carboxylic acids is 1. The highest BCUT2D eigenvalue weighted by Crippen LogP contribution is 2.16. The van der Waals surface area contributed by atoms with Gasteiger partial charge in [0.15, 0.2) is 0 Å². The molecule has 0 fully saturated rings. The first-order valence-electron chi connectivity index (χ1n) is 4.07. The van der Waals surface area contributed by atoms with Crippen LogP contribution in [0.5, 0.6) is 0 Å². The third kappa shape index (κ3) is 7.28.